The van der Waals surface area contributed by atoms with Crippen LogP contribution in [0.5, 0.6) is 0 Å². The minimum absolute atomic E-state index is 0.0734. The summed E-state index contributed by atoms with van der Waals surface area (Å²) >= 11 is 6.44. The third-order valence-electron chi connectivity index (χ3n) is 4.50. The van der Waals surface area contributed by atoms with Crippen LogP contribution in [0.3, 0.4) is 0 Å². The number of carbonyl (C=O) groups is 1. The molecule has 2 aliphatic rings. The van der Waals surface area contributed by atoms with Crippen molar-refractivity contribution >= 4 is 17.5 Å². The molecule has 0 aromatic carbocycles. The standard InChI is InChI=1S/C17H23ClFN3O/c1-2-6-20-9-12(8-19)10-21-11-15-14(16(21)18)5-7-22(17(15)23)13-3-4-13/h8,11,13,20H,2-7,9-10H2,1H3/b12-8+. The average Bonchev–Trinajstić information content (AvgIpc) is 3.33. The Morgan fingerprint density at radius 1 is 1.52 bits per heavy atom. The maximum Gasteiger partial charge on any atom is 0.255 e. The predicted octanol–water partition coefficient (Wildman–Crippen LogP) is 3.16. The summed E-state index contributed by atoms with van der Waals surface area (Å²) in [6.07, 6.45) is 6.42. The van der Waals surface area contributed by atoms with Crippen LogP contribution in [0.15, 0.2) is 18.1 Å². The Morgan fingerprint density at radius 2 is 2.30 bits per heavy atom. The molecule has 6 heteroatoms. The molecular weight excluding hydrogens is 317 g/mol. The molecule has 1 saturated carbocycles. The second-order valence-electron chi connectivity index (χ2n) is 6.36. The fraction of sp³-hybridized carbons (Fsp3) is 0.588. The summed E-state index contributed by atoms with van der Waals surface area (Å²) in [5.41, 5.74) is 2.22. The Hall–Kier alpha value is -1.33. The molecule has 1 aromatic heterocycles. The van der Waals surface area contributed by atoms with E-state index in [4.69, 9.17) is 11.6 Å². The maximum atomic E-state index is 13.1. The number of nitrogens with zero attached hydrogens (tertiary/aromatic N) is 2. The quantitative estimate of drug-likeness (QED) is 0.775. The monoisotopic (exact) mass is 339 g/mol. The number of nitrogens with one attached hydrogen (secondary N) is 1. The van der Waals surface area contributed by atoms with E-state index in [1.807, 2.05) is 4.90 Å². The summed E-state index contributed by atoms with van der Waals surface area (Å²) in [6, 6.07) is 0.414. The minimum Gasteiger partial charge on any atom is -0.335 e. The van der Waals surface area contributed by atoms with Crippen LogP contribution in [0.2, 0.25) is 5.15 Å². The van der Waals surface area contributed by atoms with Gasteiger partial charge in [0.2, 0.25) is 0 Å². The van der Waals surface area contributed by atoms with E-state index in [0.29, 0.717) is 41.8 Å². The number of hydrogen-bond donors (Lipinski definition) is 1. The molecule has 2 heterocycles. The van der Waals surface area contributed by atoms with Gasteiger partial charge in [-0.05, 0) is 37.8 Å². The van der Waals surface area contributed by atoms with Gasteiger partial charge in [0.25, 0.3) is 5.91 Å². The number of halogens is 2. The summed E-state index contributed by atoms with van der Waals surface area (Å²) in [4.78, 5) is 14.5. The third kappa shape index (κ3) is 3.45. The van der Waals surface area contributed by atoms with Crippen LogP contribution in [-0.4, -0.2) is 41.1 Å². The van der Waals surface area contributed by atoms with E-state index in [2.05, 4.69) is 12.2 Å². The number of rotatable bonds is 7. The molecule has 1 fully saturated rings. The van der Waals surface area contributed by atoms with Crippen molar-refractivity contribution < 1.29 is 9.18 Å². The molecule has 0 unspecified atom stereocenters. The zero-order valence-corrected chi connectivity index (χ0v) is 14.2. The van der Waals surface area contributed by atoms with Crippen molar-refractivity contribution in [1.82, 2.24) is 14.8 Å². The summed E-state index contributed by atoms with van der Waals surface area (Å²) in [5.74, 6) is 0.0734. The van der Waals surface area contributed by atoms with Crippen molar-refractivity contribution in [2.75, 3.05) is 19.6 Å². The summed E-state index contributed by atoms with van der Waals surface area (Å²) in [5, 5.41) is 3.75. The van der Waals surface area contributed by atoms with E-state index in [9.17, 15) is 9.18 Å². The summed E-state index contributed by atoms with van der Waals surface area (Å²) < 4.78 is 14.9. The van der Waals surface area contributed by atoms with E-state index in [1.54, 1.807) is 10.8 Å². The van der Waals surface area contributed by atoms with Gasteiger partial charge >= 0.3 is 0 Å². The van der Waals surface area contributed by atoms with Crippen molar-refractivity contribution in [2.24, 2.45) is 0 Å². The van der Waals surface area contributed by atoms with Crippen molar-refractivity contribution in [1.29, 1.82) is 0 Å². The van der Waals surface area contributed by atoms with Crippen LogP contribution in [0.1, 0.15) is 42.1 Å². The molecule has 0 radical (unpaired) electrons. The zero-order valence-electron chi connectivity index (χ0n) is 13.4. The highest BCUT2D eigenvalue weighted by molar-refractivity contribution is 6.31. The van der Waals surface area contributed by atoms with Crippen molar-refractivity contribution in [3.63, 3.8) is 0 Å². The molecular formula is C17H23ClFN3O. The number of aromatic nitrogens is 1. The highest BCUT2D eigenvalue weighted by atomic mass is 35.5. The molecule has 3 rings (SSSR count). The Morgan fingerprint density at radius 3 is 2.96 bits per heavy atom. The Kier molecular flexibility index (Phi) is 5.07. The highest BCUT2D eigenvalue weighted by Crippen LogP contribution is 2.34. The van der Waals surface area contributed by atoms with Crippen LogP contribution in [-0.2, 0) is 13.0 Å². The van der Waals surface area contributed by atoms with Gasteiger partial charge in [-0.25, -0.2) is 4.39 Å². The number of fused-ring (bicyclic) bond motifs is 1. The van der Waals surface area contributed by atoms with Crippen molar-refractivity contribution in [3.05, 3.63) is 34.4 Å². The molecule has 0 atom stereocenters. The van der Waals surface area contributed by atoms with Crippen LogP contribution in [0.4, 0.5) is 4.39 Å². The lowest BCUT2D eigenvalue weighted by Gasteiger charge is -2.26. The molecule has 23 heavy (non-hydrogen) atoms. The van der Waals surface area contributed by atoms with Crippen LogP contribution in [0.25, 0.3) is 0 Å². The average molecular weight is 340 g/mol. The molecule has 1 amide bonds. The Labute approximate surface area is 141 Å². The van der Waals surface area contributed by atoms with Gasteiger partial charge in [-0.15, -0.1) is 0 Å². The van der Waals surface area contributed by atoms with Crippen LogP contribution in [0, 0.1) is 0 Å². The first-order valence-electron chi connectivity index (χ1n) is 8.33. The first-order valence-corrected chi connectivity index (χ1v) is 8.70. The van der Waals surface area contributed by atoms with E-state index < -0.39 is 0 Å². The van der Waals surface area contributed by atoms with Gasteiger partial charge in [0.15, 0.2) is 0 Å². The fourth-order valence-electron chi connectivity index (χ4n) is 3.11. The lowest BCUT2D eigenvalue weighted by Crippen LogP contribution is -2.38. The van der Waals surface area contributed by atoms with E-state index >= 15 is 0 Å². The first-order chi connectivity index (χ1) is 11.2. The fourth-order valence-corrected chi connectivity index (χ4v) is 3.41. The molecule has 1 aliphatic heterocycles. The molecule has 1 aromatic rings. The molecule has 126 valence electrons. The number of hydrogen-bond acceptors (Lipinski definition) is 2. The molecule has 0 spiro atoms. The summed E-state index contributed by atoms with van der Waals surface area (Å²) in [6.45, 7) is 4.52. The largest absolute Gasteiger partial charge is 0.335 e. The van der Waals surface area contributed by atoms with Gasteiger partial charge in [0, 0.05) is 37.4 Å². The van der Waals surface area contributed by atoms with Gasteiger partial charge in [0.1, 0.15) is 5.15 Å². The first kappa shape index (κ1) is 16.5. The lowest BCUT2D eigenvalue weighted by molar-refractivity contribution is 0.0727. The van der Waals surface area contributed by atoms with Gasteiger partial charge < -0.3 is 14.8 Å². The lowest BCUT2D eigenvalue weighted by atomic mass is 10.0. The van der Waals surface area contributed by atoms with Crippen LogP contribution >= 0.6 is 11.6 Å². The molecule has 1 N–H and O–H groups in total. The van der Waals surface area contributed by atoms with E-state index in [0.717, 1.165) is 44.3 Å². The van der Waals surface area contributed by atoms with Crippen molar-refractivity contribution in [3.8, 4) is 0 Å². The Balaban J connectivity index is 1.74. The van der Waals surface area contributed by atoms with Crippen molar-refractivity contribution in [2.45, 2.75) is 45.2 Å². The van der Waals surface area contributed by atoms with E-state index in [-0.39, 0.29) is 5.91 Å². The van der Waals surface area contributed by atoms with Gasteiger partial charge in [0.05, 0.1) is 11.9 Å². The third-order valence-corrected chi connectivity index (χ3v) is 4.94. The number of amides is 1. The molecule has 4 nitrogen and oxygen atoms in total. The minimum atomic E-state index is 0.0734. The van der Waals surface area contributed by atoms with Gasteiger partial charge in [-0.2, -0.15) is 0 Å². The second-order valence-corrected chi connectivity index (χ2v) is 6.72. The van der Waals surface area contributed by atoms with Gasteiger partial charge in [-0.3, -0.25) is 4.79 Å². The SMILES string of the molecule is CCCNC/C(=C\F)Cn1cc2c(c1Cl)CCN(C1CC1)C2=O. The predicted molar refractivity (Wildman–Crippen MR) is 89.6 cm³/mol. The molecule has 0 saturated heterocycles. The number of carbonyl (C=O) groups excluding carboxylic acids is 1. The van der Waals surface area contributed by atoms with Gasteiger partial charge in [-0.1, -0.05) is 18.5 Å². The maximum absolute atomic E-state index is 13.1. The molecule has 0 bridgehead atoms. The van der Waals surface area contributed by atoms with E-state index in [1.165, 1.54) is 0 Å². The second kappa shape index (κ2) is 7.05. The molecule has 1 aliphatic carbocycles. The Bertz CT molecular complexity index is 622. The van der Waals surface area contributed by atoms with Crippen LogP contribution < -0.4 is 5.32 Å². The smallest absolute Gasteiger partial charge is 0.255 e. The topological polar surface area (TPSA) is 37.3 Å². The highest BCUT2D eigenvalue weighted by Gasteiger charge is 2.37. The summed E-state index contributed by atoms with van der Waals surface area (Å²) in [7, 11) is 0. The zero-order chi connectivity index (χ0) is 16.4. The normalized spacial score (nSPS) is 18.5.